The summed E-state index contributed by atoms with van der Waals surface area (Å²) in [6, 6.07) is 4.28. The smallest absolute Gasteiger partial charge is 0.422 e. The zero-order valence-electron chi connectivity index (χ0n) is 14.9. The number of anilines is 1. The standard InChI is InChI=1S/C16H21F3N2O4S.ClH/c1-11-12(4-3-5-13(11)25-10-16(17,18)19)21-14(22)15(26(2,23)24)6-8-20-9-7-15;/h3-5,20H,6-10H2,1-2H3,(H,21,22);1H. The van der Waals surface area contributed by atoms with Crippen LogP contribution in [0, 0.1) is 6.92 Å². The number of amides is 1. The highest BCUT2D eigenvalue weighted by atomic mass is 35.5. The van der Waals surface area contributed by atoms with Crippen LogP contribution in [0.1, 0.15) is 18.4 Å². The molecule has 0 aromatic heterocycles. The predicted octanol–water partition coefficient (Wildman–Crippen LogP) is 2.46. The van der Waals surface area contributed by atoms with Gasteiger partial charge in [-0.2, -0.15) is 13.2 Å². The zero-order chi connectivity index (χ0) is 19.6. The third kappa shape index (κ3) is 5.49. The van der Waals surface area contributed by atoms with Crippen molar-refractivity contribution in [2.24, 2.45) is 0 Å². The summed E-state index contributed by atoms with van der Waals surface area (Å²) in [5.41, 5.74) is 0.513. The maximum absolute atomic E-state index is 12.8. The molecule has 1 aliphatic rings. The quantitative estimate of drug-likeness (QED) is 0.749. The molecule has 1 fully saturated rings. The Hall–Kier alpha value is -1.52. The molecule has 0 atom stereocenters. The highest BCUT2D eigenvalue weighted by molar-refractivity contribution is 7.92. The second-order valence-corrected chi connectivity index (χ2v) is 8.63. The molecular weight excluding hydrogens is 409 g/mol. The third-order valence-corrected chi connectivity index (χ3v) is 6.47. The number of benzene rings is 1. The largest absolute Gasteiger partial charge is 0.484 e. The molecule has 1 saturated heterocycles. The van der Waals surface area contributed by atoms with Gasteiger partial charge in [0, 0.05) is 17.5 Å². The summed E-state index contributed by atoms with van der Waals surface area (Å²) < 4.78 is 64.7. The second-order valence-electron chi connectivity index (χ2n) is 6.30. The number of hydrogen-bond acceptors (Lipinski definition) is 5. The van der Waals surface area contributed by atoms with Gasteiger partial charge in [-0.1, -0.05) is 6.07 Å². The van der Waals surface area contributed by atoms with Gasteiger partial charge >= 0.3 is 6.18 Å². The lowest BCUT2D eigenvalue weighted by molar-refractivity contribution is -0.153. The number of hydrogen-bond donors (Lipinski definition) is 2. The number of rotatable bonds is 5. The predicted molar refractivity (Wildman–Crippen MR) is 98.3 cm³/mol. The number of nitrogens with one attached hydrogen (secondary N) is 2. The van der Waals surface area contributed by atoms with E-state index < -0.39 is 33.3 Å². The lowest BCUT2D eigenvalue weighted by atomic mass is 9.95. The van der Waals surface area contributed by atoms with Crippen molar-refractivity contribution in [3.05, 3.63) is 23.8 Å². The monoisotopic (exact) mass is 430 g/mol. The van der Waals surface area contributed by atoms with Crippen LogP contribution in [0.15, 0.2) is 18.2 Å². The minimum atomic E-state index is -4.48. The van der Waals surface area contributed by atoms with E-state index in [4.69, 9.17) is 4.74 Å². The van der Waals surface area contributed by atoms with E-state index in [1.807, 2.05) is 0 Å². The minimum absolute atomic E-state index is 0. The Bertz CT molecular complexity index is 778. The van der Waals surface area contributed by atoms with Gasteiger partial charge in [-0.15, -0.1) is 12.4 Å². The fourth-order valence-corrected chi connectivity index (χ4v) is 4.23. The molecule has 1 aromatic rings. The third-order valence-electron chi connectivity index (χ3n) is 4.46. The van der Waals surface area contributed by atoms with Crippen LogP contribution in [0.5, 0.6) is 5.75 Å². The van der Waals surface area contributed by atoms with Crippen molar-refractivity contribution in [3.63, 3.8) is 0 Å². The van der Waals surface area contributed by atoms with E-state index in [0.717, 1.165) is 6.26 Å². The molecule has 2 N–H and O–H groups in total. The number of halogens is 4. The molecule has 0 spiro atoms. The molecular formula is C16H22ClF3N2O4S. The molecule has 0 saturated carbocycles. The van der Waals surface area contributed by atoms with Gasteiger partial charge in [-0.3, -0.25) is 4.79 Å². The van der Waals surface area contributed by atoms with Gasteiger partial charge in [0.05, 0.1) is 0 Å². The Morgan fingerprint density at radius 3 is 2.41 bits per heavy atom. The van der Waals surface area contributed by atoms with E-state index in [2.05, 4.69) is 10.6 Å². The van der Waals surface area contributed by atoms with Crippen molar-refractivity contribution in [1.82, 2.24) is 5.32 Å². The van der Waals surface area contributed by atoms with Crippen molar-refractivity contribution >= 4 is 33.8 Å². The molecule has 0 unspecified atom stereocenters. The van der Waals surface area contributed by atoms with Gasteiger partial charge in [-0.05, 0) is 45.0 Å². The van der Waals surface area contributed by atoms with Crippen LogP contribution in [0.2, 0.25) is 0 Å². The Morgan fingerprint density at radius 2 is 1.89 bits per heavy atom. The van der Waals surface area contributed by atoms with Crippen molar-refractivity contribution in [2.45, 2.75) is 30.7 Å². The van der Waals surface area contributed by atoms with Crippen molar-refractivity contribution < 1.29 is 31.1 Å². The molecule has 11 heteroatoms. The normalized spacial score (nSPS) is 16.9. The van der Waals surface area contributed by atoms with Gasteiger partial charge in [0.25, 0.3) is 0 Å². The molecule has 6 nitrogen and oxygen atoms in total. The molecule has 1 amide bonds. The fourth-order valence-electron chi connectivity index (χ4n) is 2.90. The van der Waals surface area contributed by atoms with Gasteiger partial charge < -0.3 is 15.4 Å². The summed E-state index contributed by atoms with van der Waals surface area (Å²) in [7, 11) is -3.69. The van der Waals surface area contributed by atoms with Crippen LogP contribution in [0.25, 0.3) is 0 Å². The van der Waals surface area contributed by atoms with E-state index in [1.54, 1.807) is 0 Å². The number of carbonyl (C=O) groups is 1. The van der Waals surface area contributed by atoms with E-state index in [-0.39, 0.29) is 36.7 Å². The van der Waals surface area contributed by atoms with E-state index in [9.17, 15) is 26.4 Å². The Kier molecular flexibility index (Phi) is 7.54. The zero-order valence-corrected chi connectivity index (χ0v) is 16.5. The summed E-state index contributed by atoms with van der Waals surface area (Å²) in [4.78, 5) is 12.8. The van der Waals surface area contributed by atoms with Gasteiger partial charge in [-0.25, -0.2) is 8.42 Å². The number of carbonyl (C=O) groups excluding carboxylic acids is 1. The molecule has 0 radical (unpaired) electrons. The van der Waals surface area contributed by atoms with E-state index >= 15 is 0 Å². The Labute approximate surface area is 162 Å². The van der Waals surface area contributed by atoms with Crippen LogP contribution in [-0.2, 0) is 14.6 Å². The summed E-state index contributed by atoms with van der Waals surface area (Å²) in [6.45, 7) is 0.809. The summed E-state index contributed by atoms with van der Waals surface area (Å²) in [5, 5.41) is 5.57. The first-order chi connectivity index (χ1) is 12.0. The maximum atomic E-state index is 12.8. The summed E-state index contributed by atoms with van der Waals surface area (Å²) in [5.74, 6) is -0.712. The second kappa shape index (κ2) is 8.66. The first kappa shape index (κ1) is 23.5. The molecule has 1 aliphatic heterocycles. The lowest BCUT2D eigenvalue weighted by Gasteiger charge is -2.34. The summed E-state index contributed by atoms with van der Waals surface area (Å²) >= 11 is 0. The minimum Gasteiger partial charge on any atom is -0.484 e. The lowest BCUT2D eigenvalue weighted by Crippen LogP contribution is -2.55. The molecule has 1 heterocycles. The molecule has 2 rings (SSSR count). The summed E-state index contributed by atoms with van der Waals surface area (Å²) in [6.07, 6.45) is -3.21. The van der Waals surface area contributed by atoms with Gasteiger partial charge in [0.15, 0.2) is 21.2 Å². The number of sulfone groups is 1. The van der Waals surface area contributed by atoms with Crippen LogP contribution < -0.4 is 15.4 Å². The highest BCUT2D eigenvalue weighted by Crippen LogP contribution is 2.32. The number of ether oxygens (including phenoxy) is 1. The average Bonchev–Trinajstić information content (AvgIpc) is 2.54. The molecule has 1 aromatic carbocycles. The first-order valence-corrected chi connectivity index (χ1v) is 9.86. The van der Waals surface area contributed by atoms with Crippen LogP contribution in [0.3, 0.4) is 0 Å². The maximum Gasteiger partial charge on any atom is 0.422 e. The number of piperidine rings is 1. The topological polar surface area (TPSA) is 84.5 Å². The van der Waals surface area contributed by atoms with E-state index in [1.165, 1.54) is 25.1 Å². The van der Waals surface area contributed by atoms with Crippen LogP contribution in [-0.4, -0.2) is 51.2 Å². The first-order valence-electron chi connectivity index (χ1n) is 7.97. The Morgan fingerprint density at radius 1 is 1.30 bits per heavy atom. The van der Waals surface area contributed by atoms with E-state index in [0.29, 0.717) is 18.7 Å². The average molecular weight is 431 g/mol. The SMILES string of the molecule is Cc1c(NC(=O)C2(S(C)(=O)=O)CCNCC2)cccc1OCC(F)(F)F.Cl. The highest BCUT2D eigenvalue weighted by Gasteiger charge is 2.48. The Balaban J connectivity index is 0.00000364. The van der Waals surface area contributed by atoms with Gasteiger partial charge in [0.2, 0.25) is 5.91 Å². The molecule has 154 valence electrons. The number of alkyl halides is 3. The van der Waals surface area contributed by atoms with Crippen LogP contribution in [0.4, 0.5) is 18.9 Å². The van der Waals surface area contributed by atoms with Gasteiger partial charge in [0.1, 0.15) is 5.75 Å². The van der Waals surface area contributed by atoms with Crippen LogP contribution >= 0.6 is 12.4 Å². The molecule has 0 bridgehead atoms. The van der Waals surface area contributed by atoms with Crippen molar-refractivity contribution in [1.29, 1.82) is 0 Å². The molecule has 27 heavy (non-hydrogen) atoms. The fraction of sp³-hybridized carbons (Fsp3) is 0.562. The van der Waals surface area contributed by atoms with Crippen molar-refractivity contribution in [2.75, 3.05) is 31.3 Å². The van der Waals surface area contributed by atoms with Crippen molar-refractivity contribution in [3.8, 4) is 5.75 Å². The molecule has 0 aliphatic carbocycles.